The average molecular weight is 251 g/mol. The number of halogens is 1. The summed E-state index contributed by atoms with van der Waals surface area (Å²) in [5, 5.41) is 9.04. The van der Waals surface area contributed by atoms with Crippen LogP contribution >= 0.6 is 11.6 Å². The van der Waals surface area contributed by atoms with E-state index in [4.69, 9.17) is 16.9 Å². The van der Waals surface area contributed by atoms with Crippen molar-refractivity contribution in [3.8, 4) is 6.07 Å². The van der Waals surface area contributed by atoms with Gasteiger partial charge in [-0.3, -0.25) is 4.79 Å². The van der Waals surface area contributed by atoms with E-state index < -0.39 is 0 Å². The molecule has 0 N–H and O–H groups in total. The van der Waals surface area contributed by atoms with Crippen LogP contribution in [0.25, 0.3) is 0 Å². The maximum atomic E-state index is 12.0. The first-order valence-corrected chi connectivity index (χ1v) is 5.75. The van der Waals surface area contributed by atoms with Gasteiger partial charge in [-0.05, 0) is 12.8 Å². The molecule has 17 heavy (non-hydrogen) atoms. The second kappa shape index (κ2) is 5.11. The zero-order valence-corrected chi connectivity index (χ0v) is 9.89. The lowest BCUT2D eigenvalue weighted by atomic mass is 9.98. The Labute approximate surface area is 104 Å². The largest absolute Gasteiger partial charge is 0.337 e. The molecule has 2 rings (SSSR count). The van der Waals surface area contributed by atoms with Crippen molar-refractivity contribution in [2.75, 3.05) is 13.1 Å². The molecule has 0 radical (unpaired) electrons. The fraction of sp³-hybridized carbons (Fsp3) is 0.455. The molecule has 1 aromatic rings. The van der Waals surface area contributed by atoms with Crippen molar-refractivity contribution in [3.63, 3.8) is 0 Å². The molecule has 88 valence electrons. The fourth-order valence-corrected chi connectivity index (χ4v) is 1.89. The third kappa shape index (κ3) is 2.71. The number of aromatic nitrogens is 2. The molecule has 0 saturated carbocycles. The average Bonchev–Trinajstić information content (AvgIpc) is 2.39. The van der Waals surface area contributed by atoms with E-state index in [1.807, 2.05) is 0 Å². The second-order valence-electron chi connectivity index (χ2n) is 3.92. The summed E-state index contributed by atoms with van der Waals surface area (Å²) in [5.41, 5.74) is 0.296. The Morgan fingerprint density at radius 1 is 1.41 bits per heavy atom. The van der Waals surface area contributed by atoms with E-state index in [0.717, 1.165) is 12.8 Å². The number of likely N-dealkylation sites (tertiary alicyclic amines) is 1. The summed E-state index contributed by atoms with van der Waals surface area (Å²) in [5.74, 6) is -0.0825. The molecule has 1 fully saturated rings. The highest BCUT2D eigenvalue weighted by molar-refractivity contribution is 6.29. The summed E-state index contributed by atoms with van der Waals surface area (Å²) in [6, 6.07) is 2.23. The van der Waals surface area contributed by atoms with Gasteiger partial charge in [0.15, 0.2) is 0 Å². The minimum atomic E-state index is -0.148. The van der Waals surface area contributed by atoms with Gasteiger partial charge >= 0.3 is 0 Å². The number of rotatable bonds is 1. The summed E-state index contributed by atoms with van der Waals surface area (Å²) in [4.78, 5) is 21.5. The summed E-state index contributed by atoms with van der Waals surface area (Å²) in [7, 11) is 0. The molecule has 5 nitrogen and oxygen atoms in total. The summed E-state index contributed by atoms with van der Waals surface area (Å²) in [6.45, 7) is 1.20. The highest BCUT2D eigenvalue weighted by atomic mass is 35.5. The Bertz CT molecular complexity index is 446. The van der Waals surface area contributed by atoms with Crippen LogP contribution in [0.4, 0.5) is 0 Å². The zero-order chi connectivity index (χ0) is 12.3. The monoisotopic (exact) mass is 250 g/mol. The zero-order valence-electron chi connectivity index (χ0n) is 9.14. The molecular weight excluding hydrogens is 240 g/mol. The maximum absolute atomic E-state index is 12.0. The van der Waals surface area contributed by atoms with E-state index in [1.165, 1.54) is 12.4 Å². The number of piperidine rings is 1. The smallest absolute Gasteiger partial charge is 0.274 e. The molecule has 0 aromatic carbocycles. The molecule has 6 heteroatoms. The van der Waals surface area contributed by atoms with Gasteiger partial charge in [0, 0.05) is 19.0 Å². The molecule has 1 saturated heterocycles. The molecule has 1 aliphatic heterocycles. The van der Waals surface area contributed by atoms with Crippen LogP contribution in [-0.2, 0) is 0 Å². The number of nitriles is 1. The van der Waals surface area contributed by atoms with Crippen molar-refractivity contribution in [2.45, 2.75) is 12.8 Å². The molecule has 1 aliphatic rings. The van der Waals surface area contributed by atoms with Crippen LogP contribution in [0.3, 0.4) is 0 Å². The highest BCUT2D eigenvalue weighted by Gasteiger charge is 2.24. The van der Waals surface area contributed by atoms with E-state index >= 15 is 0 Å². The van der Waals surface area contributed by atoms with Crippen LogP contribution in [0, 0.1) is 17.2 Å². The van der Waals surface area contributed by atoms with Crippen LogP contribution in [0.1, 0.15) is 23.3 Å². The SMILES string of the molecule is N#CC1CCN(C(=O)c2cnc(Cl)cn2)CC1. The van der Waals surface area contributed by atoms with Gasteiger partial charge in [0.2, 0.25) is 0 Å². The number of carbonyl (C=O) groups excluding carboxylic acids is 1. The van der Waals surface area contributed by atoms with E-state index in [9.17, 15) is 4.79 Å². The highest BCUT2D eigenvalue weighted by Crippen LogP contribution is 2.17. The van der Waals surface area contributed by atoms with Crippen LogP contribution < -0.4 is 0 Å². The van der Waals surface area contributed by atoms with Crippen molar-refractivity contribution in [1.29, 1.82) is 5.26 Å². The molecule has 0 bridgehead atoms. The van der Waals surface area contributed by atoms with Crippen molar-refractivity contribution < 1.29 is 4.79 Å². The Balaban J connectivity index is 2.02. The minimum Gasteiger partial charge on any atom is -0.337 e. The van der Waals surface area contributed by atoms with Crippen LogP contribution in [-0.4, -0.2) is 33.9 Å². The molecule has 0 unspecified atom stereocenters. The standard InChI is InChI=1S/C11H11ClN4O/c12-10-7-14-9(6-15-10)11(17)16-3-1-8(5-13)2-4-16/h6-8H,1-4H2. The molecule has 1 amide bonds. The fourth-order valence-electron chi connectivity index (χ4n) is 1.80. The van der Waals surface area contributed by atoms with Crippen molar-refractivity contribution in [3.05, 3.63) is 23.2 Å². The Hall–Kier alpha value is -1.67. The summed E-state index contributed by atoms with van der Waals surface area (Å²) < 4.78 is 0. The quantitative estimate of drug-likeness (QED) is 0.757. The lowest BCUT2D eigenvalue weighted by Gasteiger charge is -2.28. The third-order valence-electron chi connectivity index (χ3n) is 2.80. The van der Waals surface area contributed by atoms with Gasteiger partial charge in [0.1, 0.15) is 10.8 Å². The Morgan fingerprint density at radius 3 is 2.65 bits per heavy atom. The molecule has 1 aromatic heterocycles. The normalized spacial score (nSPS) is 16.6. The van der Waals surface area contributed by atoms with Gasteiger partial charge in [-0.1, -0.05) is 11.6 Å². The van der Waals surface area contributed by atoms with E-state index in [-0.39, 0.29) is 17.0 Å². The number of nitrogens with zero attached hydrogens (tertiary/aromatic N) is 4. The molecule has 2 heterocycles. The van der Waals surface area contributed by atoms with Gasteiger partial charge in [0.25, 0.3) is 5.91 Å². The number of hydrogen-bond acceptors (Lipinski definition) is 4. The van der Waals surface area contributed by atoms with Crippen LogP contribution in [0.15, 0.2) is 12.4 Å². The van der Waals surface area contributed by atoms with Crippen LogP contribution in [0.2, 0.25) is 5.15 Å². The third-order valence-corrected chi connectivity index (χ3v) is 3.00. The summed E-state index contributed by atoms with van der Waals surface area (Å²) in [6.07, 6.45) is 4.18. The van der Waals surface area contributed by atoms with Crippen molar-refractivity contribution >= 4 is 17.5 Å². The van der Waals surface area contributed by atoms with Gasteiger partial charge in [-0.15, -0.1) is 0 Å². The maximum Gasteiger partial charge on any atom is 0.274 e. The first-order chi connectivity index (χ1) is 8.20. The number of amides is 1. The predicted molar refractivity (Wildman–Crippen MR) is 61.3 cm³/mol. The van der Waals surface area contributed by atoms with Crippen LogP contribution in [0.5, 0.6) is 0 Å². The first-order valence-electron chi connectivity index (χ1n) is 5.37. The van der Waals surface area contributed by atoms with E-state index in [0.29, 0.717) is 18.8 Å². The first kappa shape index (κ1) is 11.8. The molecule has 0 aliphatic carbocycles. The van der Waals surface area contributed by atoms with E-state index in [2.05, 4.69) is 16.0 Å². The lowest BCUT2D eigenvalue weighted by Crippen LogP contribution is -2.38. The molecule has 0 spiro atoms. The van der Waals surface area contributed by atoms with Crippen molar-refractivity contribution in [2.24, 2.45) is 5.92 Å². The minimum absolute atomic E-state index is 0.0651. The second-order valence-corrected chi connectivity index (χ2v) is 4.31. The predicted octanol–water partition coefficient (Wildman–Crippen LogP) is 1.51. The van der Waals surface area contributed by atoms with Gasteiger partial charge in [-0.25, -0.2) is 9.97 Å². The Morgan fingerprint density at radius 2 is 2.12 bits per heavy atom. The summed E-state index contributed by atoms with van der Waals surface area (Å²) >= 11 is 5.61. The number of hydrogen-bond donors (Lipinski definition) is 0. The Kier molecular flexibility index (Phi) is 3.55. The topological polar surface area (TPSA) is 69.9 Å². The van der Waals surface area contributed by atoms with Gasteiger partial charge in [-0.2, -0.15) is 5.26 Å². The van der Waals surface area contributed by atoms with Gasteiger partial charge < -0.3 is 4.90 Å². The number of carbonyl (C=O) groups is 1. The van der Waals surface area contributed by atoms with E-state index in [1.54, 1.807) is 4.90 Å². The molecule has 0 atom stereocenters. The van der Waals surface area contributed by atoms with Crippen molar-refractivity contribution in [1.82, 2.24) is 14.9 Å². The van der Waals surface area contributed by atoms with Gasteiger partial charge in [0.05, 0.1) is 18.5 Å². The molecular formula is C11H11ClN4O. The lowest BCUT2D eigenvalue weighted by molar-refractivity contribution is 0.0701.